The first-order chi connectivity index (χ1) is 8.74. The highest BCUT2D eigenvalue weighted by atomic mass is 32.2. The van der Waals surface area contributed by atoms with Gasteiger partial charge in [0.1, 0.15) is 0 Å². The number of rotatable bonds is 6. The molecule has 0 radical (unpaired) electrons. The topological polar surface area (TPSA) is 101 Å². The molecular formula is C11H17N3O4S. The molecule has 0 spiro atoms. The van der Waals surface area contributed by atoms with E-state index in [1.54, 1.807) is 4.57 Å². The number of aliphatic carboxylic acids is 1. The number of nitrogens with one attached hydrogen (secondary N) is 1. The Kier molecular flexibility index (Phi) is 3.40. The third kappa shape index (κ3) is 3.13. The number of carboxylic acids is 1. The first-order valence-electron chi connectivity index (χ1n) is 6.03. The van der Waals surface area contributed by atoms with E-state index >= 15 is 0 Å². The number of hydrogen-bond acceptors (Lipinski definition) is 4. The molecule has 7 nitrogen and oxygen atoms in total. The molecule has 1 aromatic rings. The van der Waals surface area contributed by atoms with Crippen LogP contribution in [0.25, 0.3) is 0 Å². The van der Waals surface area contributed by atoms with Crippen molar-refractivity contribution in [2.45, 2.75) is 49.7 Å². The summed E-state index contributed by atoms with van der Waals surface area (Å²) in [6, 6.07) is 0.116. The van der Waals surface area contributed by atoms with Crippen molar-refractivity contribution in [1.82, 2.24) is 14.3 Å². The van der Waals surface area contributed by atoms with Gasteiger partial charge in [-0.3, -0.25) is 4.79 Å². The number of nitrogens with zero attached hydrogens (tertiary/aromatic N) is 2. The lowest BCUT2D eigenvalue weighted by atomic mass is 10.2. The van der Waals surface area contributed by atoms with Crippen LogP contribution in [0.3, 0.4) is 0 Å². The smallest absolute Gasteiger partial charge is 0.305 e. The third-order valence-corrected chi connectivity index (χ3v) is 4.61. The summed E-state index contributed by atoms with van der Waals surface area (Å²) in [5.41, 5.74) is -0.827. The molecule has 1 aliphatic carbocycles. The highest BCUT2D eigenvalue weighted by molar-refractivity contribution is 7.89. The number of sulfonamides is 1. The highest BCUT2D eigenvalue weighted by Gasteiger charge is 2.48. The minimum atomic E-state index is -3.76. The van der Waals surface area contributed by atoms with Crippen LogP contribution in [0.5, 0.6) is 0 Å². The molecule has 1 aliphatic rings. The molecule has 0 amide bonds. The summed E-state index contributed by atoms with van der Waals surface area (Å²) in [5.74, 6) is -1.01. The van der Waals surface area contributed by atoms with Crippen LogP contribution in [0.1, 0.15) is 39.2 Å². The van der Waals surface area contributed by atoms with Gasteiger partial charge >= 0.3 is 5.97 Å². The summed E-state index contributed by atoms with van der Waals surface area (Å²) < 4.78 is 28.4. The SMILES string of the molecule is CC(C)n1cnc(S(=O)(=O)NC2(CC(=O)O)CC2)c1. The van der Waals surface area contributed by atoms with Gasteiger partial charge in [0.25, 0.3) is 10.0 Å². The fraction of sp³-hybridized carbons (Fsp3) is 0.636. The zero-order valence-electron chi connectivity index (χ0n) is 10.8. The molecule has 2 N–H and O–H groups in total. The van der Waals surface area contributed by atoms with Crippen molar-refractivity contribution in [3.63, 3.8) is 0 Å². The minimum Gasteiger partial charge on any atom is -0.481 e. The molecule has 19 heavy (non-hydrogen) atoms. The maximum atomic E-state index is 12.1. The average Bonchev–Trinajstić information content (AvgIpc) is 2.81. The van der Waals surface area contributed by atoms with Gasteiger partial charge < -0.3 is 9.67 Å². The molecular weight excluding hydrogens is 270 g/mol. The summed E-state index contributed by atoms with van der Waals surface area (Å²) in [6.07, 6.45) is 3.80. The van der Waals surface area contributed by atoms with Crippen LogP contribution < -0.4 is 4.72 Å². The summed E-state index contributed by atoms with van der Waals surface area (Å²) in [5, 5.41) is 8.71. The molecule has 1 saturated carbocycles. The molecule has 0 atom stereocenters. The van der Waals surface area contributed by atoms with Gasteiger partial charge in [-0.2, -0.15) is 0 Å². The first-order valence-corrected chi connectivity index (χ1v) is 7.52. The summed E-state index contributed by atoms with van der Waals surface area (Å²) in [6.45, 7) is 3.83. The van der Waals surface area contributed by atoms with E-state index in [0.717, 1.165) is 0 Å². The molecule has 0 bridgehead atoms. The van der Waals surface area contributed by atoms with E-state index in [9.17, 15) is 13.2 Å². The molecule has 0 unspecified atom stereocenters. The van der Waals surface area contributed by atoms with Gasteiger partial charge in [-0.1, -0.05) is 0 Å². The van der Waals surface area contributed by atoms with Gasteiger partial charge in [0.2, 0.25) is 0 Å². The fourth-order valence-electron chi connectivity index (χ4n) is 1.83. The predicted octanol–water partition coefficient (Wildman–Crippen LogP) is 0.750. The van der Waals surface area contributed by atoms with Crippen LogP contribution in [0, 0.1) is 0 Å². The van der Waals surface area contributed by atoms with E-state index in [2.05, 4.69) is 9.71 Å². The van der Waals surface area contributed by atoms with Gasteiger partial charge in [0, 0.05) is 17.8 Å². The predicted molar refractivity (Wildman–Crippen MR) is 67.2 cm³/mol. The van der Waals surface area contributed by atoms with Crippen molar-refractivity contribution < 1.29 is 18.3 Å². The van der Waals surface area contributed by atoms with E-state index in [0.29, 0.717) is 12.8 Å². The van der Waals surface area contributed by atoms with Crippen molar-refractivity contribution in [3.8, 4) is 0 Å². The molecule has 0 aromatic carbocycles. The van der Waals surface area contributed by atoms with Crippen molar-refractivity contribution >= 4 is 16.0 Å². The molecule has 1 fully saturated rings. The van der Waals surface area contributed by atoms with Gasteiger partial charge in [0.05, 0.1) is 12.7 Å². The zero-order chi connectivity index (χ0) is 14.3. The Morgan fingerprint density at radius 2 is 2.21 bits per heavy atom. The standard InChI is InChI=1S/C11H17N3O4S/c1-8(2)14-6-9(12-7-14)19(17,18)13-11(3-4-11)5-10(15)16/h6-8,13H,3-5H2,1-2H3,(H,15,16). The van der Waals surface area contributed by atoms with E-state index in [1.165, 1.54) is 12.5 Å². The van der Waals surface area contributed by atoms with Gasteiger partial charge in [-0.25, -0.2) is 18.1 Å². The Balaban J connectivity index is 2.16. The van der Waals surface area contributed by atoms with E-state index < -0.39 is 21.5 Å². The zero-order valence-corrected chi connectivity index (χ0v) is 11.6. The second-order valence-electron chi connectivity index (χ2n) is 5.21. The summed E-state index contributed by atoms with van der Waals surface area (Å²) in [4.78, 5) is 14.6. The van der Waals surface area contributed by atoms with E-state index in [-0.39, 0.29) is 17.5 Å². The Labute approximate surface area is 111 Å². The summed E-state index contributed by atoms with van der Waals surface area (Å²) in [7, 11) is -3.76. The lowest BCUT2D eigenvalue weighted by Gasteiger charge is -2.13. The number of hydrogen-bond donors (Lipinski definition) is 2. The molecule has 2 rings (SSSR count). The monoisotopic (exact) mass is 287 g/mol. The van der Waals surface area contributed by atoms with Crippen LogP contribution in [0.15, 0.2) is 17.6 Å². The fourth-order valence-corrected chi connectivity index (χ4v) is 3.23. The molecule has 8 heteroatoms. The van der Waals surface area contributed by atoms with Gasteiger partial charge in [0.15, 0.2) is 5.03 Å². The van der Waals surface area contributed by atoms with Gasteiger partial charge in [-0.15, -0.1) is 0 Å². The molecule has 1 heterocycles. The second-order valence-corrected chi connectivity index (χ2v) is 6.84. The maximum absolute atomic E-state index is 12.1. The Morgan fingerprint density at radius 1 is 1.58 bits per heavy atom. The van der Waals surface area contributed by atoms with Crippen molar-refractivity contribution in [3.05, 3.63) is 12.5 Å². The number of carboxylic acid groups (broad SMARTS) is 1. The molecule has 0 aliphatic heterocycles. The summed E-state index contributed by atoms with van der Waals surface area (Å²) >= 11 is 0. The van der Waals surface area contributed by atoms with Crippen LogP contribution in [0.4, 0.5) is 0 Å². The first kappa shape index (κ1) is 14.0. The number of imidazole rings is 1. The average molecular weight is 287 g/mol. The number of carbonyl (C=O) groups is 1. The van der Waals surface area contributed by atoms with Crippen LogP contribution >= 0.6 is 0 Å². The molecule has 0 saturated heterocycles. The highest BCUT2D eigenvalue weighted by Crippen LogP contribution is 2.39. The Morgan fingerprint density at radius 3 is 2.63 bits per heavy atom. The minimum absolute atomic E-state index is 0.0714. The lowest BCUT2D eigenvalue weighted by Crippen LogP contribution is -2.38. The Hall–Kier alpha value is -1.41. The van der Waals surface area contributed by atoms with E-state index in [4.69, 9.17) is 5.11 Å². The lowest BCUT2D eigenvalue weighted by molar-refractivity contribution is -0.137. The maximum Gasteiger partial charge on any atom is 0.305 e. The van der Waals surface area contributed by atoms with Gasteiger partial charge in [-0.05, 0) is 26.7 Å². The molecule has 106 valence electrons. The normalized spacial score (nSPS) is 17.6. The van der Waals surface area contributed by atoms with Crippen molar-refractivity contribution in [2.24, 2.45) is 0 Å². The van der Waals surface area contributed by atoms with Crippen molar-refractivity contribution in [2.75, 3.05) is 0 Å². The van der Waals surface area contributed by atoms with Crippen LogP contribution in [-0.2, 0) is 14.8 Å². The Bertz CT molecular complexity index is 587. The van der Waals surface area contributed by atoms with E-state index in [1.807, 2.05) is 13.8 Å². The number of aromatic nitrogens is 2. The molecule has 1 aromatic heterocycles. The van der Waals surface area contributed by atoms with Crippen molar-refractivity contribution in [1.29, 1.82) is 0 Å². The quantitative estimate of drug-likeness (QED) is 0.804. The van der Waals surface area contributed by atoms with Crippen LogP contribution in [-0.4, -0.2) is 34.6 Å². The van der Waals surface area contributed by atoms with Crippen LogP contribution in [0.2, 0.25) is 0 Å². The largest absolute Gasteiger partial charge is 0.481 e. The second kappa shape index (κ2) is 4.61. The third-order valence-electron chi connectivity index (χ3n) is 3.14.